The third-order valence-corrected chi connectivity index (χ3v) is 6.27. The van der Waals surface area contributed by atoms with Gasteiger partial charge in [0, 0.05) is 53.4 Å². The molecule has 2 N–H and O–H groups in total. The molecule has 1 fully saturated rings. The number of hydrogen-bond acceptors (Lipinski definition) is 5. The number of pyridine rings is 1. The number of ketones is 1. The summed E-state index contributed by atoms with van der Waals surface area (Å²) in [4.78, 5) is 34.7. The molecule has 1 amide bonds. The van der Waals surface area contributed by atoms with Crippen LogP contribution in [-0.2, 0) is 9.53 Å². The van der Waals surface area contributed by atoms with E-state index >= 15 is 0 Å². The molecule has 35 heavy (non-hydrogen) atoms. The number of nitrogens with one attached hydrogen (secondary N) is 2. The highest BCUT2D eigenvalue weighted by Gasteiger charge is 2.24. The number of amides is 1. The van der Waals surface area contributed by atoms with Gasteiger partial charge in [0.2, 0.25) is 0 Å². The Morgan fingerprint density at radius 2 is 2.00 bits per heavy atom. The van der Waals surface area contributed by atoms with Crippen LogP contribution in [0.4, 0.5) is 15.0 Å². The van der Waals surface area contributed by atoms with Crippen LogP contribution in [0.3, 0.4) is 0 Å². The summed E-state index contributed by atoms with van der Waals surface area (Å²) in [6.45, 7) is 6.97. The van der Waals surface area contributed by atoms with Crippen molar-refractivity contribution < 1.29 is 18.7 Å². The van der Waals surface area contributed by atoms with Gasteiger partial charge >= 0.3 is 6.09 Å². The fourth-order valence-electron chi connectivity index (χ4n) is 4.50. The first-order valence-corrected chi connectivity index (χ1v) is 12.2. The number of hydrogen-bond donors (Lipinski definition) is 2. The van der Waals surface area contributed by atoms with Crippen molar-refractivity contribution >= 4 is 28.6 Å². The first-order chi connectivity index (χ1) is 16.7. The van der Waals surface area contributed by atoms with Crippen LogP contribution in [-0.4, -0.2) is 47.1 Å². The van der Waals surface area contributed by atoms with E-state index in [4.69, 9.17) is 9.72 Å². The van der Waals surface area contributed by atoms with E-state index in [9.17, 15) is 14.0 Å². The summed E-state index contributed by atoms with van der Waals surface area (Å²) in [5, 5.41) is 3.54. The van der Waals surface area contributed by atoms with Crippen molar-refractivity contribution in [3.63, 3.8) is 0 Å². The molecule has 0 bridgehead atoms. The van der Waals surface area contributed by atoms with E-state index in [1.54, 1.807) is 26.8 Å². The highest BCUT2D eigenvalue weighted by atomic mass is 19.1. The Kier molecular flexibility index (Phi) is 7.38. The number of aromatic nitrogens is 2. The predicted octanol–water partition coefficient (Wildman–Crippen LogP) is 5.46. The largest absolute Gasteiger partial charge is 0.444 e. The number of halogens is 1. The molecule has 1 aromatic carbocycles. The second-order valence-corrected chi connectivity index (χ2v) is 10.1. The Labute approximate surface area is 205 Å². The molecular formula is C27H33FN4O3. The molecule has 3 heterocycles. The van der Waals surface area contributed by atoms with Crippen molar-refractivity contribution in [2.24, 2.45) is 5.92 Å². The highest BCUT2D eigenvalue weighted by Crippen LogP contribution is 2.30. The van der Waals surface area contributed by atoms with Crippen molar-refractivity contribution in [2.45, 2.75) is 52.1 Å². The van der Waals surface area contributed by atoms with Gasteiger partial charge in [-0.05, 0) is 70.4 Å². The van der Waals surface area contributed by atoms with Gasteiger partial charge in [-0.15, -0.1) is 0 Å². The summed E-state index contributed by atoms with van der Waals surface area (Å²) in [5.74, 6) is 0.545. The predicted molar refractivity (Wildman–Crippen MR) is 135 cm³/mol. The van der Waals surface area contributed by atoms with Crippen molar-refractivity contribution in [1.29, 1.82) is 0 Å². The zero-order valence-corrected chi connectivity index (χ0v) is 20.6. The lowest BCUT2D eigenvalue weighted by Gasteiger charge is -2.29. The van der Waals surface area contributed by atoms with E-state index in [2.05, 4.69) is 15.2 Å². The summed E-state index contributed by atoms with van der Waals surface area (Å²) in [6, 6.07) is 8.75. The summed E-state index contributed by atoms with van der Waals surface area (Å²) in [6.07, 6.45) is 6.61. The molecule has 1 unspecified atom stereocenters. The third-order valence-electron chi connectivity index (χ3n) is 6.27. The molecular weight excluding hydrogens is 447 g/mol. The van der Waals surface area contributed by atoms with Crippen LogP contribution in [0, 0.1) is 11.7 Å². The second kappa shape index (κ2) is 10.5. The average Bonchev–Trinajstić information content (AvgIpc) is 3.19. The number of carbonyl (C=O) groups is 2. The van der Waals surface area contributed by atoms with E-state index in [0.717, 1.165) is 60.2 Å². The zero-order chi connectivity index (χ0) is 25.0. The molecule has 7 nitrogen and oxygen atoms in total. The number of ether oxygens (including phenoxy) is 1. The summed E-state index contributed by atoms with van der Waals surface area (Å²) >= 11 is 0. The second-order valence-electron chi connectivity index (χ2n) is 10.1. The van der Waals surface area contributed by atoms with Crippen LogP contribution in [0.15, 0.2) is 42.7 Å². The Balaban J connectivity index is 1.37. The van der Waals surface area contributed by atoms with Gasteiger partial charge < -0.3 is 19.9 Å². The van der Waals surface area contributed by atoms with Crippen molar-refractivity contribution in [3.05, 3.63) is 48.5 Å². The SMILES string of the molecule is CC(C)(C)OC(=O)NCC(=O)C1CCCCN(c2ccc(-c3c[nH]c4cc(F)ccc34)cn2)CC1. The van der Waals surface area contributed by atoms with Crippen LogP contribution in [0.1, 0.15) is 46.5 Å². The van der Waals surface area contributed by atoms with E-state index < -0.39 is 11.7 Å². The van der Waals surface area contributed by atoms with Gasteiger partial charge in [0.25, 0.3) is 0 Å². The van der Waals surface area contributed by atoms with Crippen LogP contribution in [0.5, 0.6) is 0 Å². The lowest BCUT2D eigenvalue weighted by atomic mass is 9.92. The number of fused-ring (bicyclic) bond motifs is 1. The Morgan fingerprint density at radius 3 is 2.74 bits per heavy atom. The fourth-order valence-corrected chi connectivity index (χ4v) is 4.50. The molecule has 0 spiro atoms. The molecule has 1 aliphatic heterocycles. The lowest BCUT2D eigenvalue weighted by molar-refractivity contribution is -0.122. The molecule has 0 aliphatic carbocycles. The van der Waals surface area contributed by atoms with E-state index in [-0.39, 0.29) is 24.1 Å². The molecule has 0 saturated carbocycles. The van der Waals surface area contributed by atoms with E-state index in [1.807, 2.05) is 24.5 Å². The topological polar surface area (TPSA) is 87.3 Å². The smallest absolute Gasteiger partial charge is 0.408 e. The summed E-state index contributed by atoms with van der Waals surface area (Å²) in [5.41, 5.74) is 2.10. The quantitative estimate of drug-likeness (QED) is 0.506. The number of carbonyl (C=O) groups excluding carboxylic acids is 2. The highest BCUT2D eigenvalue weighted by molar-refractivity contribution is 5.95. The van der Waals surface area contributed by atoms with E-state index in [0.29, 0.717) is 6.42 Å². The lowest BCUT2D eigenvalue weighted by Crippen LogP contribution is -2.38. The van der Waals surface area contributed by atoms with Crippen molar-refractivity contribution in [1.82, 2.24) is 15.3 Å². The maximum absolute atomic E-state index is 13.5. The first kappa shape index (κ1) is 24.7. The molecule has 2 aromatic heterocycles. The molecule has 4 rings (SSSR count). The van der Waals surface area contributed by atoms with Crippen LogP contribution in [0.25, 0.3) is 22.0 Å². The first-order valence-electron chi connectivity index (χ1n) is 12.2. The molecule has 3 aromatic rings. The van der Waals surface area contributed by atoms with Gasteiger partial charge in [0.1, 0.15) is 17.2 Å². The standard InChI is InChI=1S/C27H33FN4O3/c1-27(2,3)35-26(34)31-17-24(33)18-6-4-5-12-32(13-11-18)25-10-7-19(15-30-25)22-16-29-23-14-20(28)8-9-21(22)23/h7-10,14-16,18,29H,4-6,11-13,17H2,1-3H3,(H,31,34). The summed E-state index contributed by atoms with van der Waals surface area (Å²) < 4.78 is 18.7. The average molecular weight is 481 g/mol. The number of rotatable bonds is 5. The van der Waals surface area contributed by atoms with Crippen LogP contribution >= 0.6 is 0 Å². The molecule has 8 heteroatoms. The van der Waals surface area contributed by atoms with Crippen LogP contribution in [0.2, 0.25) is 0 Å². The number of alkyl carbamates (subject to hydrolysis) is 1. The van der Waals surface area contributed by atoms with Gasteiger partial charge in [-0.1, -0.05) is 6.42 Å². The maximum atomic E-state index is 13.5. The molecule has 0 radical (unpaired) electrons. The number of nitrogens with zero attached hydrogens (tertiary/aromatic N) is 2. The molecule has 1 aliphatic rings. The number of Topliss-reactive ketones (excluding diaryl/α,β-unsaturated/α-hetero) is 1. The van der Waals surface area contributed by atoms with E-state index in [1.165, 1.54) is 12.1 Å². The number of aromatic amines is 1. The number of benzene rings is 1. The van der Waals surface area contributed by atoms with Crippen molar-refractivity contribution in [3.8, 4) is 11.1 Å². The number of anilines is 1. The van der Waals surface area contributed by atoms with Crippen LogP contribution < -0.4 is 10.2 Å². The van der Waals surface area contributed by atoms with Gasteiger partial charge in [-0.2, -0.15) is 0 Å². The van der Waals surface area contributed by atoms with Gasteiger partial charge in [0.15, 0.2) is 5.78 Å². The monoisotopic (exact) mass is 480 g/mol. The minimum absolute atomic E-state index is 0.0128. The Hall–Kier alpha value is -3.42. The maximum Gasteiger partial charge on any atom is 0.408 e. The molecule has 1 atom stereocenters. The Morgan fingerprint density at radius 1 is 1.17 bits per heavy atom. The summed E-state index contributed by atoms with van der Waals surface area (Å²) in [7, 11) is 0. The normalized spacial score (nSPS) is 17.0. The third kappa shape index (κ3) is 6.38. The molecule has 186 valence electrons. The Bertz CT molecular complexity index is 1180. The minimum atomic E-state index is -0.595. The minimum Gasteiger partial charge on any atom is -0.444 e. The van der Waals surface area contributed by atoms with Gasteiger partial charge in [-0.3, -0.25) is 4.79 Å². The van der Waals surface area contributed by atoms with Gasteiger partial charge in [0.05, 0.1) is 6.54 Å². The zero-order valence-electron chi connectivity index (χ0n) is 20.6. The molecule has 1 saturated heterocycles. The fraction of sp³-hybridized carbons (Fsp3) is 0.444. The number of H-pyrrole nitrogens is 1. The van der Waals surface area contributed by atoms with Crippen molar-refractivity contribution in [2.75, 3.05) is 24.5 Å². The van der Waals surface area contributed by atoms with Gasteiger partial charge in [-0.25, -0.2) is 14.2 Å².